The van der Waals surface area contributed by atoms with Gasteiger partial charge >= 0.3 is 5.97 Å². The molecule has 1 aromatic rings. The fourth-order valence-corrected chi connectivity index (χ4v) is 3.59. The number of hydrogen-bond donors (Lipinski definition) is 1. The van der Waals surface area contributed by atoms with Gasteiger partial charge in [-0.15, -0.1) is 0 Å². The molecule has 2 rings (SSSR count). The highest BCUT2D eigenvalue weighted by Crippen LogP contribution is 2.44. The molecule has 0 bridgehead atoms. The van der Waals surface area contributed by atoms with Crippen LogP contribution < -0.4 is 5.73 Å². The fourth-order valence-electron chi connectivity index (χ4n) is 3.59. The molecule has 3 nitrogen and oxygen atoms in total. The summed E-state index contributed by atoms with van der Waals surface area (Å²) in [6.45, 7) is 4.87. The van der Waals surface area contributed by atoms with Crippen LogP contribution in [0.5, 0.6) is 0 Å². The summed E-state index contributed by atoms with van der Waals surface area (Å²) in [6.07, 6.45) is 5.94. The molecule has 0 aromatic heterocycles. The predicted octanol–water partition coefficient (Wildman–Crippen LogP) is 4.05. The molecule has 1 fully saturated rings. The number of ether oxygens (including phenoxy) is 1. The van der Waals surface area contributed by atoms with Crippen molar-refractivity contribution in [3.63, 3.8) is 0 Å². The molecule has 0 spiro atoms. The quantitative estimate of drug-likeness (QED) is 0.806. The van der Waals surface area contributed by atoms with Crippen molar-refractivity contribution in [2.75, 3.05) is 0 Å². The highest BCUT2D eigenvalue weighted by atomic mass is 16.5. The van der Waals surface area contributed by atoms with Crippen molar-refractivity contribution in [3.8, 4) is 0 Å². The van der Waals surface area contributed by atoms with E-state index in [4.69, 9.17) is 10.5 Å². The Morgan fingerprint density at radius 3 is 2.55 bits per heavy atom. The molecule has 0 heterocycles. The summed E-state index contributed by atoms with van der Waals surface area (Å²) in [6, 6.07) is 10.2. The molecule has 122 valence electrons. The van der Waals surface area contributed by atoms with E-state index in [2.05, 4.69) is 13.8 Å². The van der Waals surface area contributed by atoms with Crippen molar-refractivity contribution >= 4 is 5.97 Å². The minimum atomic E-state index is -0.0770. The second kappa shape index (κ2) is 7.77. The van der Waals surface area contributed by atoms with Crippen molar-refractivity contribution in [1.82, 2.24) is 0 Å². The van der Waals surface area contributed by atoms with Crippen LogP contribution in [-0.4, -0.2) is 12.0 Å². The number of esters is 1. The Labute approximate surface area is 134 Å². The largest absolute Gasteiger partial charge is 0.461 e. The SMILES string of the molecule is CCC(CC(=O)OCc1ccccc1)C1(C)CCC(N)CC1. The van der Waals surface area contributed by atoms with Gasteiger partial charge in [0, 0.05) is 12.5 Å². The Morgan fingerprint density at radius 1 is 1.32 bits per heavy atom. The molecule has 3 heteroatoms. The predicted molar refractivity (Wildman–Crippen MR) is 89.2 cm³/mol. The van der Waals surface area contributed by atoms with Gasteiger partial charge in [0.15, 0.2) is 0 Å². The number of rotatable bonds is 6. The molecule has 1 saturated carbocycles. The maximum absolute atomic E-state index is 12.2. The topological polar surface area (TPSA) is 52.3 Å². The lowest BCUT2D eigenvalue weighted by Crippen LogP contribution is -2.37. The molecule has 1 atom stereocenters. The Balaban J connectivity index is 1.85. The summed E-state index contributed by atoms with van der Waals surface area (Å²) in [4.78, 5) is 12.2. The van der Waals surface area contributed by atoms with E-state index in [0.29, 0.717) is 25.0 Å². The second-order valence-corrected chi connectivity index (χ2v) is 6.95. The molecule has 0 saturated heterocycles. The van der Waals surface area contributed by atoms with E-state index in [0.717, 1.165) is 37.7 Å². The van der Waals surface area contributed by atoms with E-state index in [9.17, 15) is 4.79 Å². The van der Waals surface area contributed by atoms with Crippen LogP contribution in [-0.2, 0) is 16.1 Å². The van der Waals surface area contributed by atoms with Crippen molar-refractivity contribution in [1.29, 1.82) is 0 Å². The van der Waals surface area contributed by atoms with Gasteiger partial charge in [0.05, 0.1) is 0 Å². The molecular formula is C19H29NO2. The lowest BCUT2D eigenvalue weighted by molar-refractivity contribution is -0.147. The number of nitrogens with two attached hydrogens (primary N) is 1. The number of carbonyl (C=O) groups is 1. The molecule has 2 N–H and O–H groups in total. The smallest absolute Gasteiger partial charge is 0.306 e. The summed E-state index contributed by atoms with van der Waals surface area (Å²) in [5.41, 5.74) is 7.29. The molecule has 1 aromatic carbocycles. The summed E-state index contributed by atoms with van der Waals surface area (Å²) in [7, 11) is 0. The van der Waals surface area contributed by atoms with Crippen LogP contribution in [0.15, 0.2) is 30.3 Å². The number of benzene rings is 1. The molecular weight excluding hydrogens is 274 g/mol. The molecule has 0 amide bonds. The first kappa shape index (κ1) is 17.0. The summed E-state index contributed by atoms with van der Waals surface area (Å²) in [5, 5.41) is 0. The van der Waals surface area contributed by atoms with Crippen LogP contribution in [0.25, 0.3) is 0 Å². The number of carbonyl (C=O) groups excluding carboxylic acids is 1. The zero-order valence-corrected chi connectivity index (χ0v) is 13.9. The molecule has 22 heavy (non-hydrogen) atoms. The van der Waals surface area contributed by atoms with Gasteiger partial charge in [0.2, 0.25) is 0 Å². The van der Waals surface area contributed by atoms with Crippen LogP contribution in [0, 0.1) is 11.3 Å². The Morgan fingerprint density at radius 2 is 1.95 bits per heavy atom. The minimum Gasteiger partial charge on any atom is -0.461 e. The van der Waals surface area contributed by atoms with Crippen molar-refractivity contribution in [3.05, 3.63) is 35.9 Å². The van der Waals surface area contributed by atoms with Crippen LogP contribution in [0.3, 0.4) is 0 Å². The van der Waals surface area contributed by atoms with Gasteiger partial charge in [-0.2, -0.15) is 0 Å². The Hall–Kier alpha value is -1.35. The highest BCUT2D eigenvalue weighted by molar-refractivity contribution is 5.69. The second-order valence-electron chi connectivity index (χ2n) is 6.95. The van der Waals surface area contributed by atoms with Crippen LogP contribution in [0.4, 0.5) is 0 Å². The molecule has 1 aliphatic rings. The summed E-state index contributed by atoms with van der Waals surface area (Å²) in [5.74, 6) is 0.315. The van der Waals surface area contributed by atoms with E-state index in [-0.39, 0.29) is 11.4 Å². The Bertz CT molecular complexity index is 464. The minimum absolute atomic E-state index is 0.0770. The van der Waals surface area contributed by atoms with Crippen LogP contribution in [0.2, 0.25) is 0 Å². The van der Waals surface area contributed by atoms with Gasteiger partial charge in [-0.05, 0) is 42.6 Å². The van der Waals surface area contributed by atoms with Crippen molar-refractivity contribution in [2.24, 2.45) is 17.1 Å². The molecule has 1 aliphatic carbocycles. The van der Waals surface area contributed by atoms with Crippen LogP contribution in [0.1, 0.15) is 57.9 Å². The molecule has 0 radical (unpaired) electrons. The molecule has 0 aliphatic heterocycles. The monoisotopic (exact) mass is 303 g/mol. The zero-order chi connectivity index (χ0) is 16.0. The summed E-state index contributed by atoms with van der Waals surface area (Å²) >= 11 is 0. The first-order valence-electron chi connectivity index (χ1n) is 8.48. The average molecular weight is 303 g/mol. The van der Waals surface area contributed by atoms with Gasteiger partial charge in [-0.25, -0.2) is 0 Å². The molecule has 1 unspecified atom stereocenters. The van der Waals surface area contributed by atoms with Crippen molar-refractivity contribution < 1.29 is 9.53 Å². The normalized spacial score (nSPS) is 26.4. The lowest BCUT2D eigenvalue weighted by atomic mass is 9.64. The average Bonchev–Trinajstić information content (AvgIpc) is 2.54. The maximum Gasteiger partial charge on any atom is 0.306 e. The highest BCUT2D eigenvalue weighted by Gasteiger charge is 2.37. The third-order valence-electron chi connectivity index (χ3n) is 5.31. The van der Waals surface area contributed by atoms with Crippen LogP contribution >= 0.6 is 0 Å². The van der Waals surface area contributed by atoms with E-state index >= 15 is 0 Å². The summed E-state index contributed by atoms with van der Waals surface area (Å²) < 4.78 is 5.45. The maximum atomic E-state index is 12.2. The van der Waals surface area contributed by atoms with Gasteiger partial charge < -0.3 is 10.5 Å². The van der Waals surface area contributed by atoms with E-state index in [1.54, 1.807) is 0 Å². The Kier molecular flexibility index (Phi) is 6.01. The van der Waals surface area contributed by atoms with Gasteiger partial charge in [0.25, 0.3) is 0 Å². The zero-order valence-electron chi connectivity index (χ0n) is 13.9. The number of hydrogen-bond acceptors (Lipinski definition) is 3. The lowest BCUT2D eigenvalue weighted by Gasteiger charge is -2.42. The van der Waals surface area contributed by atoms with Crippen molar-refractivity contribution in [2.45, 2.75) is 65.0 Å². The third kappa shape index (κ3) is 4.57. The van der Waals surface area contributed by atoms with E-state index in [1.807, 2.05) is 30.3 Å². The first-order valence-corrected chi connectivity index (χ1v) is 8.48. The fraction of sp³-hybridized carbons (Fsp3) is 0.632. The standard InChI is InChI=1S/C19H29NO2/c1-3-16(19(2)11-9-17(20)10-12-19)13-18(21)22-14-15-7-5-4-6-8-15/h4-8,16-17H,3,9-14,20H2,1-2H3. The van der Waals surface area contributed by atoms with Gasteiger partial charge in [-0.1, -0.05) is 50.6 Å². The van der Waals surface area contributed by atoms with E-state index in [1.165, 1.54) is 0 Å². The third-order valence-corrected chi connectivity index (χ3v) is 5.31. The van der Waals surface area contributed by atoms with Gasteiger partial charge in [0.1, 0.15) is 6.61 Å². The first-order chi connectivity index (χ1) is 10.5. The van der Waals surface area contributed by atoms with Gasteiger partial charge in [-0.3, -0.25) is 4.79 Å². The van der Waals surface area contributed by atoms with E-state index < -0.39 is 0 Å².